The largest absolute Gasteiger partial charge is 0.391 e. The minimum absolute atomic E-state index is 0.206. The molecule has 0 radical (unpaired) electrons. The second-order valence-electron chi connectivity index (χ2n) is 4.17. The normalized spacial score (nSPS) is 11.0. The molecule has 0 aliphatic carbocycles. The van der Waals surface area contributed by atoms with E-state index >= 15 is 0 Å². The van der Waals surface area contributed by atoms with Crippen molar-refractivity contribution in [2.24, 2.45) is 0 Å². The first-order valence-corrected chi connectivity index (χ1v) is 6.13. The van der Waals surface area contributed by atoms with Crippen molar-refractivity contribution in [1.82, 2.24) is 19.7 Å². The maximum Gasteiger partial charge on any atom is 0.252 e. The van der Waals surface area contributed by atoms with Crippen LogP contribution >= 0.6 is 11.6 Å². The molecule has 0 aliphatic rings. The zero-order chi connectivity index (χ0) is 14.0. The molecule has 1 N–H and O–H groups in total. The molecule has 0 fully saturated rings. The number of hydrogen-bond acceptors (Lipinski definition) is 5. The molecule has 2 aromatic heterocycles. The summed E-state index contributed by atoms with van der Waals surface area (Å²) in [5.41, 5.74) is 2.77. The lowest BCUT2D eigenvalue weighted by atomic mass is 10.3. The molecule has 0 saturated heterocycles. The number of hydrogen-bond donors (Lipinski definition) is 1. The van der Waals surface area contributed by atoms with Gasteiger partial charge in [-0.15, -0.1) is 0 Å². The summed E-state index contributed by atoms with van der Waals surface area (Å²) < 4.78 is 6.45. The number of methoxy groups -OCH3 is 1. The van der Waals surface area contributed by atoms with Crippen LogP contribution in [0.1, 0.15) is 22.6 Å². The first kappa shape index (κ1) is 13.9. The Balaban J connectivity index is 2.55. The van der Waals surface area contributed by atoms with Crippen LogP contribution in [0.25, 0.3) is 5.95 Å². The standard InChI is InChI=1S/C12H15ClN4O2/c1-7-4-8(2)15-12(14-7)17-11(13)9(5-18)10(16-17)6-19-3/h4,18H,5-6H2,1-3H3. The van der Waals surface area contributed by atoms with E-state index in [0.29, 0.717) is 22.4 Å². The average molecular weight is 283 g/mol. The van der Waals surface area contributed by atoms with Crippen molar-refractivity contribution in [3.63, 3.8) is 0 Å². The summed E-state index contributed by atoms with van der Waals surface area (Å²) in [6.07, 6.45) is 0. The Hall–Kier alpha value is -1.50. The highest BCUT2D eigenvalue weighted by Gasteiger charge is 2.18. The molecule has 2 rings (SSSR count). The van der Waals surface area contributed by atoms with E-state index < -0.39 is 0 Å². The fourth-order valence-corrected chi connectivity index (χ4v) is 2.10. The number of aliphatic hydroxyl groups excluding tert-OH is 1. The number of rotatable bonds is 4. The van der Waals surface area contributed by atoms with Gasteiger partial charge in [0.15, 0.2) is 0 Å². The van der Waals surface area contributed by atoms with Gasteiger partial charge in [0.25, 0.3) is 5.95 Å². The van der Waals surface area contributed by atoms with Gasteiger partial charge in [0.1, 0.15) is 5.15 Å². The lowest BCUT2D eigenvalue weighted by molar-refractivity contribution is 0.178. The molecule has 102 valence electrons. The number of aryl methyl sites for hydroxylation is 2. The number of ether oxygens (including phenoxy) is 1. The monoisotopic (exact) mass is 282 g/mol. The van der Waals surface area contributed by atoms with Gasteiger partial charge < -0.3 is 9.84 Å². The van der Waals surface area contributed by atoms with Gasteiger partial charge >= 0.3 is 0 Å². The maximum atomic E-state index is 9.36. The zero-order valence-electron chi connectivity index (χ0n) is 11.0. The third-order valence-corrected chi connectivity index (χ3v) is 2.99. The molecule has 0 aliphatic heterocycles. The summed E-state index contributed by atoms with van der Waals surface area (Å²) in [6.45, 7) is 3.81. The van der Waals surface area contributed by atoms with E-state index in [4.69, 9.17) is 16.3 Å². The SMILES string of the molecule is COCc1nn(-c2nc(C)cc(C)n2)c(Cl)c1CO. The third-order valence-electron chi connectivity index (χ3n) is 2.60. The molecule has 7 heteroatoms. The molecular weight excluding hydrogens is 268 g/mol. The summed E-state index contributed by atoms with van der Waals surface area (Å²) >= 11 is 6.21. The molecule has 2 heterocycles. The van der Waals surface area contributed by atoms with Crippen molar-refractivity contribution >= 4 is 11.6 Å². The van der Waals surface area contributed by atoms with Crippen molar-refractivity contribution in [1.29, 1.82) is 0 Å². The molecule has 0 spiro atoms. The fourth-order valence-electron chi connectivity index (χ4n) is 1.82. The molecule has 19 heavy (non-hydrogen) atoms. The van der Waals surface area contributed by atoms with Gasteiger partial charge in [-0.05, 0) is 19.9 Å². The average Bonchev–Trinajstić information content (AvgIpc) is 2.65. The van der Waals surface area contributed by atoms with Crippen molar-refractivity contribution in [3.8, 4) is 5.95 Å². The Morgan fingerprint density at radius 1 is 1.32 bits per heavy atom. The molecule has 2 aromatic rings. The van der Waals surface area contributed by atoms with E-state index in [-0.39, 0.29) is 13.2 Å². The van der Waals surface area contributed by atoms with Crippen LogP contribution < -0.4 is 0 Å². The second-order valence-corrected chi connectivity index (χ2v) is 4.53. The first-order chi connectivity index (χ1) is 9.06. The van der Waals surface area contributed by atoms with Crippen molar-refractivity contribution in [3.05, 3.63) is 33.9 Å². The topological polar surface area (TPSA) is 73.1 Å². The van der Waals surface area contributed by atoms with Gasteiger partial charge in [-0.25, -0.2) is 9.97 Å². The number of nitrogens with zero attached hydrogens (tertiary/aromatic N) is 4. The van der Waals surface area contributed by atoms with Crippen molar-refractivity contribution in [2.75, 3.05) is 7.11 Å². The van der Waals surface area contributed by atoms with E-state index in [1.807, 2.05) is 19.9 Å². The number of aromatic nitrogens is 4. The van der Waals surface area contributed by atoms with Crippen LogP contribution in [0.5, 0.6) is 0 Å². The minimum atomic E-state index is -0.206. The highest BCUT2D eigenvalue weighted by molar-refractivity contribution is 6.30. The van der Waals surface area contributed by atoms with Crippen LogP contribution in [0.15, 0.2) is 6.07 Å². The molecule has 0 saturated carbocycles. The van der Waals surface area contributed by atoms with Gasteiger partial charge in [-0.3, -0.25) is 0 Å². The van der Waals surface area contributed by atoms with E-state index in [2.05, 4.69) is 15.1 Å². The Morgan fingerprint density at radius 2 is 1.95 bits per heavy atom. The van der Waals surface area contributed by atoms with Crippen LogP contribution in [-0.2, 0) is 18.0 Å². The highest BCUT2D eigenvalue weighted by Crippen LogP contribution is 2.23. The predicted octanol–water partition coefficient (Wildman–Crippen LogP) is 1.57. The van der Waals surface area contributed by atoms with E-state index in [9.17, 15) is 5.11 Å². The summed E-state index contributed by atoms with van der Waals surface area (Å²) in [7, 11) is 1.56. The van der Waals surface area contributed by atoms with E-state index in [1.54, 1.807) is 7.11 Å². The Labute approximate surface area is 116 Å². The van der Waals surface area contributed by atoms with Crippen LogP contribution in [0, 0.1) is 13.8 Å². The lowest BCUT2D eigenvalue weighted by Crippen LogP contribution is -2.06. The highest BCUT2D eigenvalue weighted by atomic mass is 35.5. The van der Waals surface area contributed by atoms with E-state index in [0.717, 1.165) is 11.4 Å². The van der Waals surface area contributed by atoms with Gasteiger partial charge in [-0.2, -0.15) is 9.78 Å². The van der Waals surface area contributed by atoms with Crippen molar-refractivity contribution in [2.45, 2.75) is 27.1 Å². The Morgan fingerprint density at radius 3 is 2.47 bits per heavy atom. The summed E-state index contributed by atoms with van der Waals surface area (Å²) in [4.78, 5) is 8.59. The van der Waals surface area contributed by atoms with Crippen LogP contribution in [-0.4, -0.2) is 32.0 Å². The third kappa shape index (κ3) is 2.75. The lowest BCUT2D eigenvalue weighted by Gasteiger charge is -2.03. The molecule has 0 amide bonds. The Kier molecular flexibility index (Phi) is 4.14. The second kappa shape index (κ2) is 5.64. The maximum absolute atomic E-state index is 9.36. The minimum Gasteiger partial charge on any atom is -0.391 e. The summed E-state index contributed by atoms with van der Waals surface area (Å²) in [5, 5.41) is 14.0. The fraction of sp³-hybridized carbons (Fsp3) is 0.417. The van der Waals surface area contributed by atoms with Crippen LogP contribution in [0.2, 0.25) is 5.15 Å². The summed E-state index contributed by atoms with van der Waals surface area (Å²) in [5.74, 6) is 0.388. The molecule has 0 atom stereocenters. The van der Waals surface area contributed by atoms with Gasteiger partial charge in [0, 0.05) is 24.1 Å². The number of halogens is 1. The Bertz CT molecular complexity index is 577. The molecule has 0 bridgehead atoms. The van der Waals surface area contributed by atoms with Gasteiger partial charge in [-0.1, -0.05) is 11.6 Å². The summed E-state index contributed by atoms with van der Waals surface area (Å²) in [6, 6.07) is 1.87. The molecule has 6 nitrogen and oxygen atoms in total. The zero-order valence-corrected chi connectivity index (χ0v) is 11.8. The predicted molar refractivity (Wildman–Crippen MR) is 70.3 cm³/mol. The molecular formula is C12H15ClN4O2. The van der Waals surface area contributed by atoms with Crippen molar-refractivity contribution < 1.29 is 9.84 Å². The van der Waals surface area contributed by atoms with Crippen LogP contribution in [0.4, 0.5) is 0 Å². The molecule has 0 unspecified atom stereocenters. The quantitative estimate of drug-likeness (QED) is 0.921. The van der Waals surface area contributed by atoms with E-state index in [1.165, 1.54) is 4.68 Å². The van der Waals surface area contributed by atoms with Gasteiger partial charge in [0.2, 0.25) is 0 Å². The molecule has 0 aromatic carbocycles. The first-order valence-electron chi connectivity index (χ1n) is 5.75. The van der Waals surface area contributed by atoms with Gasteiger partial charge in [0.05, 0.1) is 18.9 Å². The van der Waals surface area contributed by atoms with Crippen LogP contribution in [0.3, 0.4) is 0 Å². The number of aliphatic hydroxyl groups is 1. The smallest absolute Gasteiger partial charge is 0.252 e.